The SMILES string of the molecule is CC1(C)CCCN(S(=O)(=O)c2ccc(CCl)cc2F)C1. The molecular weight excluding hydrogens is 301 g/mol. The highest BCUT2D eigenvalue weighted by Gasteiger charge is 2.35. The summed E-state index contributed by atoms with van der Waals surface area (Å²) in [6.45, 7) is 4.93. The summed E-state index contributed by atoms with van der Waals surface area (Å²) in [5, 5.41) is 0. The van der Waals surface area contributed by atoms with Crippen LogP contribution in [0.3, 0.4) is 0 Å². The van der Waals surface area contributed by atoms with Crippen LogP contribution >= 0.6 is 11.6 Å². The van der Waals surface area contributed by atoms with E-state index in [1.165, 1.54) is 16.4 Å². The van der Waals surface area contributed by atoms with Crippen LogP contribution in [-0.4, -0.2) is 25.8 Å². The zero-order chi connectivity index (χ0) is 15.0. The van der Waals surface area contributed by atoms with Crippen molar-refractivity contribution in [2.24, 2.45) is 5.41 Å². The average Bonchev–Trinajstić information content (AvgIpc) is 2.37. The average molecular weight is 320 g/mol. The Morgan fingerprint density at radius 2 is 2.10 bits per heavy atom. The van der Waals surface area contributed by atoms with Gasteiger partial charge in [0, 0.05) is 19.0 Å². The van der Waals surface area contributed by atoms with E-state index in [1.807, 2.05) is 13.8 Å². The van der Waals surface area contributed by atoms with Crippen LogP contribution in [0.2, 0.25) is 0 Å². The molecule has 0 unspecified atom stereocenters. The van der Waals surface area contributed by atoms with Crippen molar-refractivity contribution in [3.63, 3.8) is 0 Å². The van der Waals surface area contributed by atoms with Crippen LogP contribution in [0.5, 0.6) is 0 Å². The lowest BCUT2D eigenvalue weighted by Gasteiger charge is -2.37. The Kier molecular flexibility index (Phi) is 4.42. The van der Waals surface area contributed by atoms with Crippen LogP contribution in [-0.2, 0) is 15.9 Å². The van der Waals surface area contributed by atoms with Gasteiger partial charge in [-0.15, -0.1) is 11.6 Å². The number of halogens is 2. The maximum absolute atomic E-state index is 14.0. The molecule has 1 saturated heterocycles. The van der Waals surface area contributed by atoms with E-state index in [9.17, 15) is 12.8 Å². The van der Waals surface area contributed by atoms with Crippen molar-refractivity contribution in [1.29, 1.82) is 0 Å². The van der Waals surface area contributed by atoms with E-state index in [-0.39, 0.29) is 16.2 Å². The number of hydrogen-bond donors (Lipinski definition) is 0. The first-order chi connectivity index (χ1) is 9.26. The highest BCUT2D eigenvalue weighted by Crippen LogP contribution is 2.32. The lowest BCUT2D eigenvalue weighted by atomic mass is 9.85. The Bertz CT molecular complexity index is 601. The van der Waals surface area contributed by atoms with Gasteiger partial charge in [0.05, 0.1) is 0 Å². The summed E-state index contributed by atoms with van der Waals surface area (Å²) in [7, 11) is -3.77. The zero-order valence-electron chi connectivity index (χ0n) is 11.7. The Labute approximate surface area is 124 Å². The van der Waals surface area contributed by atoms with Gasteiger partial charge in [-0.3, -0.25) is 0 Å². The van der Waals surface area contributed by atoms with Crippen LogP contribution in [0, 0.1) is 11.2 Å². The second-order valence-corrected chi connectivity index (χ2v) is 8.18. The monoisotopic (exact) mass is 319 g/mol. The Morgan fingerprint density at radius 3 is 2.65 bits per heavy atom. The lowest BCUT2D eigenvalue weighted by Crippen LogP contribution is -2.43. The van der Waals surface area contributed by atoms with E-state index in [0.29, 0.717) is 18.7 Å². The van der Waals surface area contributed by atoms with E-state index in [2.05, 4.69) is 0 Å². The number of piperidine rings is 1. The number of alkyl halides is 1. The van der Waals surface area contributed by atoms with Crippen LogP contribution in [0.1, 0.15) is 32.3 Å². The van der Waals surface area contributed by atoms with E-state index in [4.69, 9.17) is 11.6 Å². The summed E-state index contributed by atoms with van der Waals surface area (Å²) in [6, 6.07) is 4.05. The molecule has 1 aromatic carbocycles. The molecule has 0 N–H and O–H groups in total. The van der Waals surface area contributed by atoms with E-state index in [1.54, 1.807) is 6.07 Å². The minimum Gasteiger partial charge on any atom is -0.207 e. The highest BCUT2D eigenvalue weighted by atomic mass is 35.5. The fraction of sp³-hybridized carbons (Fsp3) is 0.571. The topological polar surface area (TPSA) is 37.4 Å². The second-order valence-electron chi connectivity index (χ2n) is 6.00. The number of hydrogen-bond acceptors (Lipinski definition) is 2. The van der Waals surface area contributed by atoms with E-state index in [0.717, 1.165) is 12.8 Å². The first-order valence-electron chi connectivity index (χ1n) is 6.61. The Hall–Kier alpha value is -0.650. The molecule has 0 saturated carbocycles. The van der Waals surface area contributed by atoms with Crippen LogP contribution in [0.25, 0.3) is 0 Å². The summed E-state index contributed by atoms with van der Waals surface area (Å²) < 4.78 is 40.5. The molecule has 1 fully saturated rings. The third kappa shape index (κ3) is 3.15. The van der Waals surface area contributed by atoms with Gasteiger partial charge < -0.3 is 0 Å². The molecular formula is C14H19ClFNO2S. The summed E-state index contributed by atoms with van der Waals surface area (Å²) in [5.41, 5.74) is 0.500. The van der Waals surface area contributed by atoms with Gasteiger partial charge in [0.15, 0.2) is 0 Å². The number of rotatable bonds is 3. The molecule has 0 bridgehead atoms. The predicted octanol–water partition coefficient (Wildman–Crippen LogP) is 3.38. The van der Waals surface area contributed by atoms with Crippen molar-refractivity contribution >= 4 is 21.6 Å². The molecule has 2 rings (SSSR count). The maximum atomic E-state index is 14.0. The Morgan fingerprint density at radius 1 is 1.40 bits per heavy atom. The summed E-state index contributed by atoms with van der Waals surface area (Å²) >= 11 is 5.63. The maximum Gasteiger partial charge on any atom is 0.246 e. The molecule has 3 nitrogen and oxygen atoms in total. The molecule has 0 atom stereocenters. The van der Waals surface area contributed by atoms with Crippen LogP contribution in [0.15, 0.2) is 23.1 Å². The largest absolute Gasteiger partial charge is 0.246 e. The number of nitrogens with zero attached hydrogens (tertiary/aromatic N) is 1. The third-order valence-corrected chi connectivity index (χ3v) is 5.82. The first-order valence-corrected chi connectivity index (χ1v) is 8.58. The molecule has 0 spiro atoms. The quantitative estimate of drug-likeness (QED) is 0.801. The third-order valence-electron chi connectivity index (χ3n) is 3.63. The Balaban J connectivity index is 2.35. The molecule has 0 amide bonds. The van der Waals surface area contributed by atoms with Gasteiger partial charge in [-0.2, -0.15) is 4.31 Å². The normalized spacial score (nSPS) is 20.0. The molecule has 1 aliphatic rings. The second kappa shape index (κ2) is 5.62. The van der Waals surface area contributed by atoms with Gasteiger partial charge in [0.2, 0.25) is 10.0 Å². The zero-order valence-corrected chi connectivity index (χ0v) is 13.3. The van der Waals surface area contributed by atoms with Gasteiger partial charge in [0.1, 0.15) is 10.7 Å². The van der Waals surface area contributed by atoms with Crippen molar-refractivity contribution in [3.8, 4) is 0 Å². The van der Waals surface area contributed by atoms with Gasteiger partial charge >= 0.3 is 0 Å². The fourth-order valence-corrected chi connectivity index (χ4v) is 4.43. The van der Waals surface area contributed by atoms with E-state index < -0.39 is 15.8 Å². The van der Waals surface area contributed by atoms with Crippen LogP contribution in [0.4, 0.5) is 4.39 Å². The van der Waals surface area contributed by atoms with Gasteiger partial charge in [0.25, 0.3) is 0 Å². The summed E-state index contributed by atoms with van der Waals surface area (Å²) in [4.78, 5) is -0.260. The molecule has 20 heavy (non-hydrogen) atoms. The molecule has 1 aromatic rings. The predicted molar refractivity (Wildman–Crippen MR) is 77.7 cm³/mol. The molecule has 0 aromatic heterocycles. The molecule has 0 aliphatic carbocycles. The minimum atomic E-state index is -3.77. The smallest absolute Gasteiger partial charge is 0.207 e. The summed E-state index contributed by atoms with van der Waals surface area (Å²) in [6.07, 6.45) is 1.78. The van der Waals surface area contributed by atoms with Gasteiger partial charge in [-0.1, -0.05) is 19.9 Å². The van der Waals surface area contributed by atoms with E-state index >= 15 is 0 Å². The van der Waals surface area contributed by atoms with Gasteiger partial charge in [-0.05, 0) is 36.0 Å². The molecule has 6 heteroatoms. The lowest BCUT2D eigenvalue weighted by molar-refractivity contribution is 0.186. The number of sulfonamides is 1. The van der Waals surface area contributed by atoms with Gasteiger partial charge in [-0.25, -0.2) is 12.8 Å². The minimum absolute atomic E-state index is 0.0716. The first kappa shape index (κ1) is 15.7. The number of benzene rings is 1. The molecule has 112 valence electrons. The molecule has 0 radical (unpaired) electrons. The standard InChI is InChI=1S/C14H19ClFNO2S/c1-14(2)6-3-7-17(10-14)20(18,19)13-5-4-11(9-15)8-12(13)16/h4-5,8H,3,6-7,9-10H2,1-2H3. The van der Waals surface area contributed by atoms with Crippen molar-refractivity contribution < 1.29 is 12.8 Å². The van der Waals surface area contributed by atoms with Crippen molar-refractivity contribution in [2.75, 3.05) is 13.1 Å². The molecule has 1 aliphatic heterocycles. The van der Waals surface area contributed by atoms with Crippen molar-refractivity contribution in [1.82, 2.24) is 4.31 Å². The summed E-state index contributed by atoms with van der Waals surface area (Å²) in [5.74, 6) is -0.569. The van der Waals surface area contributed by atoms with Crippen molar-refractivity contribution in [3.05, 3.63) is 29.6 Å². The van der Waals surface area contributed by atoms with Crippen molar-refractivity contribution in [2.45, 2.75) is 37.5 Å². The highest BCUT2D eigenvalue weighted by molar-refractivity contribution is 7.89. The fourth-order valence-electron chi connectivity index (χ4n) is 2.55. The molecule has 1 heterocycles. The van der Waals surface area contributed by atoms with Crippen LogP contribution < -0.4 is 0 Å².